The van der Waals surface area contributed by atoms with Crippen LogP contribution >= 0.6 is 11.3 Å². The lowest BCUT2D eigenvalue weighted by Crippen LogP contribution is -2.22. The van der Waals surface area contributed by atoms with Gasteiger partial charge in [-0.25, -0.2) is 9.59 Å². The molecule has 0 aliphatic carbocycles. The molecule has 8 heteroatoms. The maximum atomic E-state index is 12.2. The Bertz CT molecular complexity index is 822. The van der Waals surface area contributed by atoms with Gasteiger partial charge in [-0.15, -0.1) is 11.3 Å². The molecule has 0 spiro atoms. The van der Waals surface area contributed by atoms with Crippen LogP contribution in [0, 0.1) is 6.92 Å². The summed E-state index contributed by atoms with van der Waals surface area (Å²) in [6.45, 7) is 5.36. The predicted octanol–water partition coefficient (Wildman–Crippen LogP) is 2.93. The monoisotopic (exact) mass is 378 g/mol. The van der Waals surface area contributed by atoms with E-state index in [9.17, 15) is 14.4 Å². The summed E-state index contributed by atoms with van der Waals surface area (Å²) in [4.78, 5) is 37.3. The van der Waals surface area contributed by atoms with Gasteiger partial charge in [0.25, 0.3) is 5.91 Å². The van der Waals surface area contributed by atoms with Crippen LogP contribution in [0.25, 0.3) is 0 Å². The van der Waals surface area contributed by atoms with Crippen LogP contribution in [-0.2, 0) is 27.7 Å². The van der Waals surface area contributed by atoms with Crippen molar-refractivity contribution < 1.29 is 23.9 Å². The highest BCUT2D eigenvalue weighted by molar-refractivity contribution is 7.16. The van der Waals surface area contributed by atoms with Crippen molar-refractivity contribution in [2.45, 2.75) is 27.2 Å². The van der Waals surface area contributed by atoms with Crippen molar-refractivity contribution in [3.05, 3.63) is 40.0 Å². The van der Waals surface area contributed by atoms with Crippen LogP contribution < -0.4 is 5.32 Å². The highest BCUT2D eigenvalue weighted by Gasteiger charge is 2.24. The molecule has 140 valence electrons. The van der Waals surface area contributed by atoms with E-state index in [1.165, 1.54) is 11.3 Å². The van der Waals surface area contributed by atoms with Crippen molar-refractivity contribution in [1.82, 2.24) is 4.57 Å². The molecule has 0 aliphatic rings. The fraction of sp³-hybridized carbons (Fsp3) is 0.389. The van der Waals surface area contributed by atoms with Gasteiger partial charge in [-0.2, -0.15) is 0 Å². The quantitative estimate of drug-likeness (QED) is 0.749. The van der Waals surface area contributed by atoms with Crippen LogP contribution in [0.5, 0.6) is 0 Å². The molecule has 2 rings (SSSR count). The minimum atomic E-state index is -0.588. The molecule has 2 aromatic rings. The van der Waals surface area contributed by atoms with Crippen LogP contribution in [0.2, 0.25) is 0 Å². The van der Waals surface area contributed by atoms with E-state index in [1.807, 2.05) is 13.8 Å². The van der Waals surface area contributed by atoms with Crippen molar-refractivity contribution in [3.63, 3.8) is 0 Å². The second-order valence-corrected chi connectivity index (χ2v) is 6.77. The lowest BCUT2D eigenvalue weighted by molar-refractivity contribution is -0.119. The Labute approximate surface area is 155 Å². The van der Waals surface area contributed by atoms with Gasteiger partial charge < -0.3 is 19.4 Å². The molecule has 0 radical (unpaired) electrons. The van der Waals surface area contributed by atoms with E-state index in [0.717, 1.165) is 10.4 Å². The standard InChI is InChI=1S/C18H22N2O5S/c1-5-12-11(3)26-16(15(12)18(23)24-6-2)19-14(21)10-25-17(22)13-8-7-9-20(13)4/h7-9H,5-6,10H2,1-4H3,(H,19,21). The molecule has 2 heterocycles. The lowest BCUT2D eigenvalue weighted by Gasteiger charge is -2.09. The number of hydrogen-bond acceptors (Lipinski definition) is 6. The zero-order chi connectivity index (χ0) is 19.3. The normalized spacial score (nSPS) is 10.5. The van der Waals surface area contributed by atoms with E-state index < -0.39 is 24.5 Å². The van der Waals surface area contributed by atoms with Crippen molar-refractivity contribution in [3.8, 4) is 0 Å². The van der Waals surface area contributed by atoms with Gasteiger partial charge in [0.15, 0.2) is 6.61 Å². The number of nitrogens with one attached hydrogen (secondary N) is 1. The number of ether oxygens (including phenoxy) is 2. The van der Waals surface area contributed by atoms with Gasteiger partial charge in [0, 0.05) is 18.1 Å². The maximum absolute atomic E-state index is 12.2. The zero-order valence-corrected chi connectivity index (χ0v) is 16.1. The second-order valence-electron chi connectivity index (χ2n) is 5.54. The third kappa shape index (κ3) is 4.32. The van der Waals surface area contributed by atoms with Crippen LogP contribution in [0.15, 0.2) is 18.3 Å². The highest BCUT2D eigenvalue weighted by Crippen LogP contribution is 2.34. The fourth-order valence-corrected chi connectivity index (χ4v) is 3.70. The molecule has 1 amide bonds. The summed E-state index contributed by atoms with van der Waals surface area (Å²) in [7, 11) is 1.71. The third-order valence-electron chi connectivity index (χ3n) is 3.78. The zero-order valence-electron chi connectivity index (χ0n) is 15.3. The maximum Gasteiger partial charge on any atom is 0.355 e. The number of esters is 2. The molecule has 2 aromatic heterocycles. The summed E-state index contributed by atoms with van der Waals surface area (Å²) >= 11 is 1.31. The molecule has 0 unspecified atom stereocenters. The van der Waals surface area contributed by atoms with E-state index in [2.05, 4.69) is 5.32 Å². The van der Waals surface area contributed by atoms with Crippen LogP contribution in [0.1, 0.15) is 45.1 Å². The molecular formula is C18H22N2O5S. The van der Waals surface area contributed by atoms with Crippen molar-refractivity contribution in [2.24, 2.45) is 7.05 Å². The Kier molecular flexibility index (Phi) is 6.57. The average molecular weight is 378 g/mol. The van der Waals surface area contributed by atoms with Crippen molar-refractivity contribution in [2.75, 3.05) is 18.5 Å². The van der Waals surface area contributed by atoms with Gasteiger partial charge in [-0.1, -0.05) is 6.92 Å². The topological polar surface area (TPSA) is 86.6 Å². The molecule has 0 atom stereocenters. The summed E-state index contributed by atoms with van der Waals surface area (Å²) in [6, 6.07) is 3.32. The number of carbonyl (C=O) groups excluding carboxylic acids is 3. The molecule has 0 bridgehead atoms. The van der Waals surface area contributed by atoms with Gasteiger partial charge in [-0.05, 0) is 38.0 Å². The first kappa shape index (κ1) is 19.7. The molecule has 0 saturated heterocycles. The molecule has 0 fully saturated rings. The minimum Gasteiger partial charge on any atom is -0.462 e. The Morgan fingerprint density at radius 3 is 2.50 bits per heavy atom. The van der Waals surface area contributed by atoms with E-state index in [-0.39, 0.29) is 6.61 Å². The number of aromatic nitrogens is 1. The molecule has 7 nitrogen and oxygen atoms in total. The van der Waals surface area contributed by atoms with Gasteiger partial charge in [0.2, 0.25) is 0 Å². The lowest BCUT2D eigenvalue weighted by atomic mass is 10.1. The van der Waals surface area contributed by atoms with Crippen LogP contribution in [-0.4, -0.2) is 35.6 Å². The summed E-state index contributed by atoms with van der Waals surface area (Å²) in [5.74, 6) is -1.57. The molecular weight excluding hydrogens is 356 g/mol. The number of rotatable bonds is 7. The van der Waals surface area contributed by atoms with E-state index >= 15 is 0 Å². The van der Waals surface area contributed by atoms with Crippen LogP contribution in [0.3, 0.4) is 0 Å². The molecule has 1 N–H and O–H groups in total. The smallest absolute Gasteiger partial charge is 0.355 e. The largest absolute Gasteiger partial charge is 0.462 e. The third-order valence-corrected chi connectivity index (χ3v) is 4.85. The number of carbonyl (C=O) groups is 3. The second kappa shape index (κ2) is 8.66. The Morgan fingerprint density at radius 2 is 1.92 bits per heavy atom. The fourth-order valence-electron chi connectivity index (χ4n) is 2.55. The van der Waals surface area contributed by atoms with Gasteiger partial charge >= 0.3 is 11.9 Å². The first-order chi connectivity index (χ1) is 12.4. The number of nitrogens with zero attached hydrogens (tertiary/aromatic N) is 1. The predicted molar refractivity (Wildman–Crippen MR) is 98.7 cm³/mol. The Balaban J connectivity index is 2.08. The summed E-state index contributed by atoms with van der Waals surface area (Å²) in [6.07, 6.45) is 2.36. The van der Waals surface area contributed by atoms with Gasteiger partial charge in [0.05, 0.1) is 12.2 Å². The summed E-state index contributed by atoms with van der Waals surface area (Å²) < 4.78 is 11.7. The van der Waals surface area contributed by atoms with E-state index in [1.54, 1.807) is 36.9 Å². The van der Waals surface area contributed by atoms with E-state index in [4.69, 9.17) is 9.47 Å². The number of thiophene rings is 1. The van der Waals surface area contributed by atoms with E-state index in [0.29, 0.717) is 22.7 Å². The Morgan fingerprint density at radius 1 is 1.19 bits per heavy atom. The SMILES string of the molecule is CCOC(=O)c1c(NC(=O)COC(=O)c2cccn2C)sc(C)c1CC. The van der Waals surface area contributed by atoms with Gasteiger partial charge in [-0.3, -0.25) is 4.79 Å². The minimum absolute atomic E-state index is 0.249. The first-order valence-electron chi connectivity index (χ1n) is 8.26. The number of anilines is 1. The molecule has 0 aromatic carbocycles. The first-order valence-corrected chi connectivity index (χ1v) is 9.08. The summed E-state index contributed by atoms with van der Waals surface area (Å²) in [5, 5.41) is 3.07. The van der Waals surface area contributed by atoms with Crippen molar-refractivity contribution >= 4 is 34.2 Å². The Hall–Kier alpha value is -2.61. The van der Waals surface area contributed by atoms with Crippen LogP contribution in [0.4, 0.5) is 5.00 Å². The molecule has 0 aliphatic heterocycles. The number of hydrogen-bond donors (Lipinski definition) is 1. The van der Waals surface area contributed by atoms with Gasteiger partial charge in [0.1, 0.15) is 10.7 Å². The average Bonchev–Trinajstić information content (AvgIpc) is 3.15. The summed E-state index contributed by atoms with van der Waals surface area (Å²) in [5.41, 5.74) is 1.58. The van der Waals surface area contributed by atoms with Crippen molar-refractivity contribution in [1.29, 1.82) is 0 Å². The number of amides is 1. The highest BCUT2D eigenvalue weighted by atomic mass is 32.1. The number of aryl methyl sites for hydroxylation is 2. The molecule has 26 heavy (non-hydrogen) atoms. The molecule has 0 saturated carbocycles.